The summed E-state index contributed by atoms with van der Waals surface area (Å²) < 4.78 is 1.75. The molecule has 2 rings (SSSR count). The lowest BCUT2D eigenvalue weighted by Crippen LogP contribution is -2.25. The Morgan fingerprint density at radius 3 is 2.89 bits per heavy atom. The number of nitrogens with zero attached hydrogens (tertiary/aromatic N) is 3. The molecule has 0 fully saturated rings. The Balaban J connectivity index is 2.25. The molecule has 5 heteroatoms. The fourth-order valence-electron chi connectivity index (χ4n) is 1.83. The number of nitrogens with one attached hydrogen (secondary N) is 1. The van der Waals surface area contributed by atoms with Crippen LogP contribution in [0.25, 0.3) is 5.65 Å². The number of hydrogen-bond donors (Lipinski definition) is 1. The lowest BCUT2D eigenvalue weighted by atomic mass is 10.3. The summed E-state index contributed by atoms with van der Waals surface area (Å²) in [5.41, 5.74) is 2.98. The van der Waals surface area contributed by atoms with E-state index in [4.69, 9.17) is 0 Å². The van der Waals surface area contributed by atoms with Crippen LogP contribution >= 0.6 is 0 Å². The molecule has 0 saturated carbocycles. The molecule has 1 amide bonds. The van der Waals surface area contributed by atoms with Gasteiger partial charge in [-0.3, -0.25) is 4.79 Å². The molecular formula is C13H18N4O. The Hall–Kier alpha value is -1.91. The normalized spacial score (nSPS) is 10.8. The Labute approximate surface area is 106 Å². The highest BCUT2D eigenvalue weighted by atomic mass is 16.1. The predicted molar refractivity (Wildman–Crippen MR) is 69.7 cm³/mol. The van der Waals surface area contributed by atoms with Gasteiger partial charge >= 0.3 is 0 Å². The minimum atomic E-state index is -0.118. The average Bonchev–Trinajstić information content (AvgIpc) is 2.70. The maximum atomic E-state index is 11.9. The first-order valence-electron chi connectivity index (χ1n) is 6.24. The minimum absolute atomic E-state index is 0.118. The molecule has 0 saturated heterocycles. The van der Waals surface area contributed by atoms with Crippen LogP contribution in [0.4, 0.5) is 0 Å². The molecule has 2 aromatic heterocycles. The van der Waals surface area contributed by atoms with Crippen LogP contribution in [0.15, 0.2) is 12.1 Å². The Kier molecular flexibility index (Phi) is 3.60. The predicted octanol–water partition coefficient (Wildman–Crippen LogP) is 1.88. The van der Waals surface area contributed by atoms with Crippen LogP contribution in [0, 0.1) is 13.8 Å². The summed E-state index contributed by atoms with van der Waals surface area (Å²) in [5, 5.41) is 7.18. The summed E-state index contributed by atoms with van der Waals surface area (Å²) >= 11 is 0. The van der Waals surface area contributed by atoms with Gasteiger partial charge < -0.3 is 5.32 Å². The molecule has 0 bridgehead atoms. The van der Waals surface area contributed by atoms with Gasteiger partial charge in [-0.15, -0.1) is 0 Å². The average molecular weight is 246 g/mol. The Morgan fingerprint density at radius 2 is 2.17 bits per heavy atom. The second-order valence-electron chi connectivity index (χ2n) is 4.45. The molecule has 0 aliphatic rings. The van der Waals surface area contributed by atoms with Gasteiger partial charge in [0.15, 0.2) is 5.65 Å². The van der Waals surface area contributed by atoms with Crippen molar-refractivity contribution in [3.63, 3.8) is 0 Å². The molecule has 0 unspecified atom stereocenters. The summed E-state index contributed by atoms with van der Waals surface area (Å²) in [4.78, 5) is 16.2. The number of unbranched alkanes of at least 4 members (excludes halogenated alkanes) is 1. The van der Waals surface area contributed by atoms with Crippen molar-refractivity contribution < 1.29 is 4.79 Å². The van der Waals surface area contributed by atoms with E-state index in [1.54, 1.807) is 10.6 Å². The van der Waals surface area contributed by atoms with E-state index in [9.17, 15) is 4.79 Å². The van der Waals surface area contributed by atoms with Crippen LogP contribution in [-0.4, -0.2) is 27.0 Å². The van der Waals surface area contributed by atoms with Crippen LogP contribution < -0.4 is 5.32 Å². The van der Waals surface area contributed by atoms with Crippen LogP contribution in [-0.2, 0) is 0 Å². The first kappa shape index (κ1) is 12.5. The van der Waals surface area contributed by atoms with Crippen LogP contribution in [0.5, 0.6) is 0 Å². The molecule has 0 spiro atoms. The van der Waals surface area contributed by atoms with Crippen molar-refractivity contribution in [1.29, 1.82) is 0 Å². The van der Waals surface area contributed by atoms with Crippen molar-refractivity contribution in [3.8, 4) is 0 Å². The maximum Gasteiger partial charge on any atom is 0.270 e. The maximum absolute atomic E-state index is 11.9. The minimum Gasteiger partial charge on any atom is -0.351 e. The van der Waals surface area contributed by atoms with Crippen LogP contribution in [0.2, 0.25) is 0 Å². The van der Waals surface area contributed by atoms with Crippen molar-refractivity contribution in [2.75, 3.05) is 6.54 Å². The number of carbonyl (C=O) groups excluding carboxylic acids is 1. The second-order valence-corrected chi connectivity index (χ2v) is 4.45. The topological polar surface area (TPSA) is 59.3 Å². The van der Waals surface area contributed by atoms with Crippen LogP contribution in [0.3, 0.4) is 0 Å². The van der Waals surface area contributed by atoms with Gasteiger partial charge in [-0.2, -0.15) is 5.10 Å². The van der Waals surface area contributed by atoms with Gasteiger partial charge in [0.05, 0.1) is 5.69 Å². The van der Waals surface area contributed by atoms with Crippen molar-refractivity contribution in [3.05, 3.63) is 29.2 Å². The van der Waals surface area contributed by atoms with Crippen molar-refractivity contribution in [2.24, 2.45) is 0 Å². The number of fused-ring (bicyclic) bond motifs is 1. The number of amides is 1. The third-order valence-corrected chi connectivity index (χ3v) is 2.78. The molecule has 1 N–H and O–H groups in total. The molecule has 0 aliphatic carbocycles. The van der Waals surface area contributed by atoms with Gasteiger partial charge in [0, 0.05) is 18.3 Å². The van der Waals surface area contributed by atoms with E-state index in [2.05, 4.69) is 22.3 Å². The number of aryl methyl sites for hydroxylation is 2. The highest BCUT2D eigenvalue weighted by Gasteiger charge is 2.10. The van der Waals surface area contributed by atoms with Gasteiger partial charge in [-0.1, -0.05) is 13.3 Å². The molecule has 0 aromatic carbocycles. The second kappa shape index (κ2) is 5.16. The summed E-state index contributed by atoms with van der Waals surface area (Å²) in [5.74, 6) is -0.118. The standard InChI is InChI=1S/C13H18N4O/c1-4-5-6-14-13(18)11-8-10(3)17-12(15-11)7-9(2)16-17/h7-8H,4-6H2,1-3H3,(H,14,18). The van der Waals surface area contributed by atoms with Crippen molar-refractivity contribution in [2.45, 2.75) is 33.6 Å². The SMILES string of the molecule is CCCCNC(=O)c1cc(C)n2nc(C)cc2n1. The molecule has 0 radical (unpaired) electrons. The first-order chi connectivity index (χ1) is 8.61. The molecule has 18 heavy (non-hydrogen) atoms. The van der Waals surface area contributed by atoms with E-state index < -0.39 is 0 Å². The highest BCUT2D eigenvalue weighted by Crippen LogP contribution is 2.08. The van der Waals surface area contributed by atoms with Gasteiger partial charge in [0.1, 0.15) is 5.69 Å². The van der Waals surface area contributed by atoms with Gasteiger partial charge in [0.25, 0.3) is 5.91 Å². The van der Waals surface area contributed by atoms with E-state index >= 15 is 0 Å². The summed E-state index contributed by atoms with van der Waals surface area (Å²) in [6.45, 7) is 6.62. The number of hydrogen-bond acceptors (Lipinski definition) is 3. The van der Waals surface area contributed by atoms with Gasteiger partial charge in [0.2, 0.25) is 0 Å². The lowest BCUT2D eigenvalue weighted by molar-refractivity contribution is 0.0948. The molecule has 2 heterocycles. The van der Waals surface area contributed by atoms with E-state index in [-0.39, 0.29) is 5.91 Å². The van der Waals surface area contributed by atoms with Crippen LogP contribution in [0.1, 0.15) is 41.6 Å². The van der Waals surface area contributed by atoms with E-state index in [1.807, 2.05) is 19.9 Å². The zero-order valence-corrected chi connectivity index (χ0v) is 11.0. The smallest absolute Gasteiger partial charge is 0.270 e. The first-order valence-corrected chi connectivity index (χ1v) is 6.24. The lowest BCUT2D eigenvalue weighted by Gasteiger charge is -2.05. The fraction of sp³-hybridized carbons (Fsp3) is 0.462. The van der Waals surface area contributed by atoms with Crippen molar-refractivity contribution in [1.82, 2.24) is 19.9 Å². The Morgan fingerprint density at radius 1 is 1.39 bits per heavy atom. The summed E-state index contributed by atoms with van der Waals surface area (Å²) in [6, 6.07) is 3.64. The van der Waals surface area contributed by atoms with Gasteiger partial charge in [-0.05, 0) is 26.3 Å². The van der Waals surface area contributed by atoms with E-state index in [0.29, 0.717) is 17.9 Å². The molecular weight excluding hydrogens is 228 g/mol. The number of aromatic nitrogens is 3. The van der Waals surface area contributed by atoms with Crippen molar-refractivity contribution >= 4 is 11.6 Å². The number of carbonyl (C=O) groups is 1. The summed E-state index contributed by atoms with van der Waals surface area (Å²) in [6.07, 6.45) is 2.05. The largest absolute Gasteiger partial charge is 0.351 e. The van der Waals surface area contributed by atoms with E-state index in [1.165, 1.54) is 0 Å². The number of rotatable bonds is 4. The summed E-state index contributed by atoms with van der Waals surface area (Å²) in [7, 11) is 0. The van der Waals surface area contributed by atoms with E-state index in [0.717, 1.165) is 24.2 Å². The molecule has 2 aromatic rings. The highest BCUT2D eigenvalue weighted by molar-refractivity contribution is 5.92. The zero-order valence-electron chi connectivity index (χ0n) is 11.0. The quantitative estimate of drug-likeness (QED) is 0.838. The monoisotopic (exact) mass is 246 g/mol. The zero-order chi connectivity index (χ0) is 13.1. The third kappa shape index (κ3) is 2.50. The van der Waals surface area contributed by atoms with Gasteiger partial charge in [-0.25, -0.2) is 9.50 Å². The fourth-order valence-corrected chi connectivity index (χ4v) is 1.83. The Bertz CT molecular complexity index is 574. The molecule has 0 atom stereocenters. The molecule has 96 valence electrons. The molecule has 5 nitrogen and oxygen atoms in total. The molecule has 0 aliphatic heterocycles. The third-order valence-electron chi connectivity index (χ3n) is 2.78.